The molecule has 4 heterocycles. The molecule has 1 aliphatic heterocycles. The molecule has 0 spiro atoms. The lowest BCUT2D eigenvalue weighted by molar-refractivity contribution is -0.144. The molecule has 0 saturated carbocycles. The van der Waals surface area contributed by atoms with Crippen molar-refractivity contribution in [1.29, 1.82) is 0 Å². The SMILES string of the molecule is Cc1cc(Sc2ccc(S(=O)(=O)N3CCCCC3)cn2)n2nc(C(F)(F)F)nc2n1. The van der Waals surface area contributed by atoms with Crippen LogP contribution in [0, 0.1) is 6.92 Å². The molecule has 3 aromatic heterocycles. The van der Waals surface area contributed by atoms with E-state index in [0.717, 1.165) is 35.5 Å². The topological polar surface area (TPSA) is 93.4 Å². The number of sulfonamides is 1. The Balaban J connectivity index is 1.62. The van der Waals surface area contributed by atoms with Gasteiger partial charge in [-0.05, 0) is 49.7 Å². The Labute approximate surface area is 174 Å². The summed E-state index contributed by atoms with van der Waals surface area (Å²) in [5.74, 6) is -1.45. The summed E-state index contributed by atoms with van der Waals surface area (Å²) in [6.45, 7) is 2.61. The van der Waals surface area contributed by atoms with Gasteiger partial charge in [0.15, 0.2) is 0 Å². The van der Waals surface area contributed by atoms with Crippen LogP contribution in [-0.4, -0.2) is 50.4 Å². The molecule has 1 fully saturated rings. The molecule has 8 nitrogen and oxygen atoms in total. The molecule has 160 valence electrons. The highest BCUT2D eigenvalue weighted by Gasteiger charge is 2.37. The number of nitrogens with zero attached hydrogens (tertiary/aromatic N) is 6. The molecule has 30 heavy (non-hydrogen) atoms. The lowest BCUT2D eigenvalue weighted by Crippen LogP contribution is -2.35. The normalized spacial score (nSPS) is 16.3. The number of piperidine rings is 1. The summed E-state index contributed by atoms with van der Waals surface area (Å²) in [4.78, 5) is 11.7. The third-order valence-corrected chi connectivity index (χ3v) is 7.36. The first-order valence-electron chi connectivity index (χ1n) is 9.10. The Kier molecular flexibility index (Phi) is 5.45. The van der Waals surface area contributed by atoms with Gasteiger partial charge in [0.1, 0.15) is 14.9 Å². The van der Waals surface area contributed by atoms with Gasteiger partial charge in [-0.2, -0.15) is 27.0 Å². The van der Waals surface area contributed by atoms with Crippen molar-refractivity contribution in [2.75, 3.05) is 13.1 Å². The van der Waals surface area contributed by atoms with Crippen molar-refractivity contribution in [3.63, 3.8) is 0 Å². The number of aryl methyl sites for hydroxylation is 1. The number of halogens is 3. The van der Waals surface area contributed by atoms with Gasteiger partial charge in [0.25, 0.3) is 11.6 Å². The summed E-state index contributed by atoms with van der Waals surface area (Å²) in [6.07, 6.45) is -0.754. The van der Waals surface area contributed by atoms with Gasteiger partial charge in [-0.25, -0.2) is 18.4 Å². The van der Waals surface area contributed by atoms with Crippen molar-refractivity contribution in [2.24, 2.45) is 0 Å². The first-order valence-corrected chi connectivity index (χ1v) is 11.4. The highest BCUT2D eigenvalue weighted by atomic mass is 32.2. The number of aromatic nitrogens is 5. The zero-order valence-electron chi connectivity index (χ0n) is 15.8. The van der Waals surface area contributed by atoms with E-state index in [2.05, 4.69) is 20.1 Å². The molecule has 0 N–H and O–H groups in total. The summed E-state index contributed by atoms with van der Waals surface area (Å²) in [6, 6.07) is 4.53. The molecule has 1 saturated heterocycles. The van der Waals surface area contributed by atoms with Crippen LogP contribution in [0.25, 0.3) is 5.78 Å². The van der Waals surface area contributed by atoms with Crippen molar-refractivity contribution in [1.82, 2.24) is 28.9 Å². The number of alkyl halides is 3. The molecule has 0 aliphatic carbocycles. The number of fused-ring (bicyclic) bond motifs is 1. The zero-order valence-corrected chi connectivity index (χ0v) is 17.4. The number of rotatable bonds is 4. The van der Waals surface area contributed by atoms with Crippen molar-refractivity contribution in [3.05, 3.63) is 35.9 Å². The van der Waals surface area contributed by atoms with Crippen LogP contribution >= 0.6 is 11.8 Å². The zero-order chi connectivity index (χ0) is 21.5. The van der Waals surface area contributed by atoms with E-state index in [9.17, 15) is 21.6 Å². The largest absolute Gasteiger partial charge is 0.453 e. The van der Waals surface area contributed by atoms with E-state index in [1.807, 2.05) is 0 Å². The van der Waals surface area contributed by atoms with Crippen molar-refractivity contribution in [2.45, 2.75) is 47.3 Å². The maximum atomic E-state index is 12.9. The first kappa shape index (κ1) is 21.0. The van der Waals surface area contributed by atoms with Gasteiger partial charge in [-0.15, -0.1) is 5.10 Å². The van der Waals surface area contributed by atoms with Gasteiger partial charge in [0.05, 0.1) is 0 Å². The van der Waals surface area contributed by atoms with Crippen LogP contribution in [0.2, 0.25) is 0 Å². The van der Waals surface area contributed by atoms with Crippen molar-refractivity contribution in [3.8, 4) is 0 Å². The maximum Gasteiger partial charge on any atom is 0.453 e. The predicted molar refractivity (Wildman–Crippen MR) is 101 cm³/mol. The lowest BCUT2D eigenvalue weighted by atomic mass is 10.2. The molecule has 1 aliphatic rings. The quantitative estimate of drug-likeness (QED) is 0.555. The second-order valence-corrected chi connectivity index (χ2v) is 9.76. The molecule has 3 aromatic rings. The summed E-state index contributed by atoms with van der Waals surface area (Å²) >= 11 is 1.04. The van der Waals surface area contributed by atoms with E-state index in [0.29, 0.717) is 28.8 Å². The third kappa shape index (κ3) is 4.14. The van der Waals surface area contributed by atoms with Crippen molar-refractivity contribution < 1.29 is 21.6 Å². The fourth-order valence-corrected chi connectivity index (χ4v) is 5.45. The van der Waals surface area contributed by atoms with Crippen LogP contribution in [0.1, 0.15) is 30.8 Å². The molecule has 4 rings (SSSR count). The summed E-state index contributed by atoms with van der Waals surface area (Å²) in [5.41, 5.74) is 0.468. The third-order valence-electron chi connectivity index (χ3n) is 4.53. The second-order valence-electron chi connectivity index (χ2n) is 6.78. The van der Waals surface area contributed by atoms with Crippen LogP contribution in [0.5, 0.6) is 0 Å². The molecular formula is C17H17F3N6O2S2. The minimum Gasteiger partial charge on any atom is -0.248 e. The van der Waals surface area contributed by atoms with Crippen LogP contribution in [0.3, 0.4) is 0 Å². The van der Waals surface area contributed by atoms with Gasteiger partial charge >= 0.3 is 6.18 Å². The van der Waals surface area contributed by atoms with Crippen LogP contribution in [-0.2, 0) is 16.2 Å². The predicted octanol–water partition coefficient (Wildman–Crippen LogP) is 3.17. The van der Waals surface area contributed by atoms with Crippen LogP contribution in [0.15, 0.2) is 39.3 Å². The average molecular weight is 458 g/mol. The minimum atomic E-state index is -4.69. The van der Waals surface area contributed by atoms with Crippen LogP contribution < -0.4 is 0 Å². The molecule has 0 bridgehead atoms. The van der Waals surface area contributed by atoms with E-state index >= 15 is 0 Å². The van der Waals surface area contributed by atoms with E-state index in [-0.39, 0.29) is 10.7 Å². The Morgan fingerprint density at radius 1 is 1.10 bits per heavy atom. The molecular weight excluding hydrogens is 441 g/mol. The van der Waals surface area contributed by atoms with Gasteiger partial charge in [-0.3, -0.25) is 0 Å². The average Bonchev–Trinajstić information content (AvgIpc) is 3.14. The van der Waals surface area contributed by atoms with Gasteiger partial charge in [0, 0.05) is 25.0 Å². The molecule has 0 amide bonds. The summed E-state index contributed by atoms with van der Waals surface area (Å²) in [5, 5.41) is 4.25. The fraction of sp³-hybridized carbons (Fsp3) is 0.412. The first-order chi connectivity index (χ1) is 14.1. The number of hydrogen-bond acceptors (Lipinski definition) is 7. The second kappa shape index (κ2) is 7.78. The number of hydrogen-bond donors (Lipinski definition) is 0. The van der Waals surface area contributed by atoms with Gasteiger partial charge in [-0.1, -0.05) is 6.42 Å². The van der Waals surface area contributed by atoms with Gasteiger partial charge in [0.2, 0.25) is 10.0 Å². The van der Waals surface area contributed by atoms with Crippen molar-refractivity contribution >= 4 is 27.6 Å². The van der Waals surface area contributed by atoms with E-state index in [1.165, 1.54) is 22.6 Å². The molecule has 0 aromatic carbocycles. The van der Waals surface area contributed by atoms with Gasteiger partial charge < -0.3 is 0 Å². The molecule has 0 atom stereocenters. The van der Waals surface area contributed by atoms with Crippen LogP contribution in [0.4, 0.5) is 13.2 Å². The summed E-state index contributed by atoms with van der Waals surface area (Å²) in [7, 11) is -3.61. The van der Waals surface area contributed by atoms with E-state index in [4.69, 9.17) is 0 Å². The lowest BCUT2D eigenvalue weighted by Gasteiger charge is -2.25. The monoisotopic (exact) mass is 458 g/mol. The molecule has 0 unspecified atom stereocenters. The minimum absolute atomic E-state index is 0.0879. The smallest absolute Gasteiger partial charge is 0.248 e. The Bertz CT molecular complexity index is 1170. The molecule has 13 heteroatoms. The fourth-order valence-electron chi connectivity index (χ4n) is 3.09. The highest BCUT2D eigenvalue weighted by Crippen LogP contribution is 2.31. The highest BCUT2D eigenvalue weighted by molar-refractivity contribution is 7.99. The standard InChI is InChI=1S/C17H17F3N6O2S2/c1-11-9-14(26-16(22-11)23-15(24-26)17(18,19)20)29-13-6-5-12(10-21-13)30(27,28)25-7-3-2-4-8-25/h5-6,9-10H,2-4,7-8H2,1H3. The van der Waals surface area contributed by atoms with E-state index in [1.54, 1.807) is 13.0 Å². The molecule has 0 radical (unpaired) electrons. The Morgan fingerprint density at radius 2 is 1.83 bits per heavy atom. The number of pyridine rings is 1. The Hall–Kier alpha value is -2.25. The summed E-state index contributed by atoms with van der Waals surface area (Å²) < 4.78 is 66.7. The van der Waals surface area contributed by atoms with E-state index < -0.39 is 22.0 Å². The Morgan fingerprint density at radius 3 is 2.47 bits per heavy atom. The maximum absolute atomic E-state index is 12.9.